The Morgan fingerprint density at radius 1 is 1.08 bits per heavy atom. The average Bonchev–Trinajstić information content (AvgIpc) is 3.03. The summed E-state index contributed by atoms with van der Waals surface area (Å²) in [5.41, 5.74) is 0.941. The minimum Gasteiger partial charge on any atom is -0.345 e. The van der Waals surface area contributed by atoms with Gasteiger partial charge in [0.1, 0.15) is 0 Å². The normalized spacial score (nSPS) is 10.7. The zero-order chi connectivity index (χ0) is 16.8. The van der Waals surface area contributed by atoms with Gasteiger partial charge < -0.3 is 5.32 Å². The second kappa shape index (κ2) is 7.84. The standard InChI is InChI=1S/C19H18N2O2S/c22-17(9-5-8-15-7-3-4-11-20-15)19(23)21-13-16-12-14-6-1-2-10-18(14)24-16/h1-4,6-7,10-12H,5,8-9,13H2,(H,21,23). The smallest absolute Gasteiger partial charge is 0.287 e. The molecule has 5 heteroatoms. The third-order valence-electron chi connectivity index (χ3n) is 3.72. The van der Waals surface area contributed by atoms with Crippen LogP contribution in [0.5, 0.6) is 0 Å². The first kappa shape index (κ1) is 16.3. The lowest BCUT2D eigenvalue weighted by atomic mass is 10.1. The van der Waals surface area contributed by atoms with E-state index < -0.39 is 5.91 Å². The largest absolute Gasteiger partial charge is 0.345 e. The molecule has 0 atom stereocenters. The molecule has 0 saturated carbocycles. The maximum Gasteiger partial charge on any atom is 0.287 e. The SMILES string of the molecule is O=C(CCCc1ccccn1)C(=O)NCc1cc2ccccc2s1. The zero-order valence-electron chi connectivity index (χ0n) is 13.2. The lowest BCUT2D eigenvalue weighted by Crippen LogP contribution is -2.30. The Balaban J connectivity index is 1.45. The van der Waals surface area contributed by atoms with Crippen molar-refractivity contribution >= 4 is 33.1 Å². The second-order valence-corrected chi connectivity index (χ2v) is 6.70. The van der Waals surface area contributed by atoms with E-state index in [1.54, 1.807) is 17.5 Å². The van der Waals surface area contributed by atoms with Crippen molar-refractivity contribution < 1.29 is 9.59 Å². The molecule has 0 aliphatic carbocycles. The molecular weight excluding hydrogens is 320 g/mol. The van der Waals surface area contributed by atoms with Crippen molar-refractivity contribution in [1.29, 1.82) is 0 Å². The highest BCUT2D eigenvalue weighted by Gasteiger charge is 2.13. The van der Waals surface area contributed by atoms with E-state index in [1.165, 1.54) is 4.70 Å². The Labute approximate surface area is 144 Å². The van der Waals surface area contributed by atoms with Crippen molar-refractivity contribution in [3.05, 3.63) is 65.3 Å². The van der Waals surface area contributed by atoms with Crippen LogP contribution in [0.1, 0.15) is 23.4 Å². The van der Waals surface area contributed by atoms with E-state index in [2.05, 4.69) is 10.3 Å². The summed E-state index contributed by atoms with van der Waals surface area (Å²) < 4.78 is 1.18. The van der Waals surface area contributed by atoms with Crippen molar-refractivity contribution in [2.75, 3.05) is 0 Å². The van der Waals surface area contributed by atoms with Gasteiger partial charge in [-0.15, -0.1) is 11.3 Å². The number of thiophene rings is 1. The molecule has 3 aromatic rings. The predicted molar refractivity (Wildman–Crippen MR) is 95.9 cm³/mol. The molecule has 4 nitrogen and oxygen atoms in total. The number of amides is 1. The quantitative estimate of drug-likeness (QED) is 0.671. The van der Waals surface area contributed by atoms with Gasteiger partial charge in [-0.25, -0.2) is 0 Å². The molecule has 0 aliphatic rings. The number of aromatic nitrogens is 1. The number of hydrogen-bond acceptors (Lipinski definition) is 4. The number of nitrogens with one attached hydrogen (secondary N) is 1. The number of ketones is 1. The Bertz CT molecular complexity index is 810. The van der Waals surface area contributed by atoms with Crippen LogP contribution < -0.4 is 5.32 Å². The van der Waals surface area contributed by atoms with Gasteiger partial charge in [-0.05, 0) is 42.5 Å². The van der Waals surface area contributed by atoms with Gasteiger partial charge in [-0.2, -0.15) is 0 Å². The number of pyridine rings is 1. The number of nitrogens with zero attached hydrogens (tertiary/aromatic N) is 1. The van der Waals surface area contributed by atoms with Crippen LogP contribution in [0.3, 0.4) is 0 Å². The number of aryl methyl sites for hydroxylation is 1. The molecule has 3 rings (SSSR count). The van der Waals surface area contributed by atoms with Crippen molar-refractivity contribution in [3.8, 4) is 0 Å². The van der Waals surface area contributed by atoms with Gasteiger partial charge in [-0.3, -0.25) is 14.6 Å². The summed E-state index contributed by atoms with van der Waals surface area (Å²) in [6.45, 7) is 0.393. The molecule has 0 fully saturated rings. The van der Waals surface area contributed by atoms with Gasteiger partial charge >= 0.3 is 0 Å². The topological polar surface area (TPSA) is 59.1 Å². The molecule has 0 unspecified atom stereocenters. The van der Waals surface area contributed by atoms with Gasteiger partial charge in [0.15, 0.2) is 0 Å². The Morgan fingerprint density at radius 3 is 2.71 bits per heavy atom. The van der Waals surface area contributed by atoms with Crippen LogP contribution in [0.25, 0.3) is 10.1 Å². The highest BCUT2D eigenvalue weighted by Crippen LogP contribution is 2.24. The Hall–Kier alpha value is -2.53. The van der Waals surface area contributed by atoms with Crippen LogP contribution in [0, 0.1) is 0 Å². The predicted octanol–water partition coefficient (Wildman–Crippen LogP) is 3.50. The van der Waals surface area contributed by atoms with E-state index >= 15 is 0 Å². The molecular formula is C19H18N2O2S. The fourth-order valence-corrected chi connectivity index (χ4v) is 3.48. The first-order valence-corrected chi connectivity index (χ1v) is 8.72. The van der Waals surface area contributed by atoms with Crippen molar-refractivity contribution in [2.24, 2.45) is 0 Å². The zero-order valence-corrected chi connectivity index (χ0v) is 14.0. The van der Waals surface area contributed by atoms with E-state index in [9.17, 15) is 9.59 Å². The number of benzene rings is 1. The number of hydrogen-bond donors (Lipinski definition) is 1. The lowest BCUT2D eigenvalue weighted by Gasteiger charge is -2.03. The minimum atomic E-state index is -0.506. The van der Waals surface area contributed by atoms with Gasteiger partial charge in [0.2, 0.25) is 5.78 Å². The monoisotopic (exact) mass is 338 g/mol. The highest BCUT2D eigenvalue weighted by molar-refractivity contribution is 7.19. The van der Waals surface area contributed by atoms with Crippen LogP contribution in [-0.2, 0) is 22.6 Å². The first-order valence-electron chi connectivity index (χ1n) is 7.91. The summed E-state index contributed by atoms with van der Waals surface area (Å²) >= 11 is 1.63. The van der Waals surface area contributed by atoms with Gasteiger partial charge in [0.05, 0.1) is 6.54 Å². The van der Waals surface area contributed by atoms with E-state index in [-0.39, 0.29) is 12.2 Å². The molecule has 0 radical (unpaired) electrons. The van der Waals surface area contributed by atoms with Crippen molar-refractivity contribution in [3.63, 3.8) is 0 Å². The molecule has 0 aliphatic heterocycles. The average molecular weight is 338 g/mol. The molecule has 1 aromatic carbocycles. The number of carbonyl (C=O) groups is 2. The second-order valence-electron chi connectivity index (χ2n) is 5.53. The summed E-state index contributed by atoms with van der Waals surface area (Å²) in [5.74, 6) is -0.875. The molecule has 122 valence electrons. The molecule has 0 bridgehead atoms. The van der Waals surface area contributed by atoms with E-state index in [0.717, 1.165) is 16.0 Å². The summed E-state index contributed by atoms with van der Waals surface area (Å²) in [6.07, 6.45) is 3.31. The van der Waals surface area contributed by atoms with Crippen molar-refractivity contribution in [1.82, 2.24) is 10.3 Å². The fourth-order valence-electron chi connectivity index (χ4n) is 2.48. The summed E-state index contributed by atoms with van der Waals surface area (Å²) in [7, 11) is 0. The van der Waals surface area contributed by atoms with Crippen LogP contribution in [0.4, 0.5) is 0 Å². The third kappa shape index (κ3) is 4.26. The van der Waals surface area contributed by atoms with Crippen molar-refractivity contribution in [2.45, 2.75) is 25.8 Å². The molecule has 2 aromatic heterocycles. The number of rotatable bonds is 7. The van der Waals surface area contributed by atoms with Gasteiger partial charge in [-0.1, -0.05) is 24.3 Å². The molecule has 24 heavy (non-hydrogen) atoms. The summed E-state index contributed by atoms with van der Waals surface area (Å²) in [6, 6.07) is 15.8. The maximum absolute atomic E-state index is 11.9. The van der Waals surface area contributed by atoms with Crippen LogP contribution in [-0.4, -0.2) is 16.7 Å². The van der Waals surface area contributed by atoms with Crippen LogP contribution in [0.15, 0.2) is 54.7 Å². The molecule has 0 saturated heterocycles. The van der Waals surface area contributed by atoms with E-state index in [0.29, 0.717) is 19.4 Å². The highest BCUT2D eigenvalue weighted by atomic mass is 32.1. The van der Waals surface area contributed by atoms with Crippen LogP contribution >= 0.6 is 11.3 Å². The number of Topliss-reactive ketones (excluding diaryl/α,β-unsaturated/α-hetero) is 1. The Morgan fingerprint density at radius 2 is 1.92 bits per heavy atom. The number of fused-ring (bicyclic) bond motifs is 1. The molecule has 1 N–H and O–H groups in total. The summed E-state index contributed by atoms with van der Waals surface area (Å²) in [5, 5.41) is 3.88. The van der Waals surface area contributed by atoms with Gasteiger partial charge in [0, 0.05) is 27.9 Å². The molecule has 2 heterocycles. The van der Waals surface area contributed by atoms with E-state index in [1.807, 2.05) is 48.5 Å². The van der Waals surface area contributed by atoms with Gasteiger partial charge in [0.25, 0.3) is 5.91 Å². The lowest BCUT2D eigenvalue weighted by molar-refractivity contribution is -0.138. The molecule has 1 amide bonds. The number of carbonyl (C=O) groups excluding carboxylic acids is 2. The molecule has 0 spiro atoms. The summed E-state index contributed by atoms with van der Waals surface area (Å²) in [4.78, 5) is 29.1. The van der Waals surface area contributed by atoms with E-state index in [4.69, 9.17) is 0 Å². The maximum atomic E-state index is 11.9. The first-order chi connectivity index (χ1) is 11.7. The fraction of sp³-hybridized carbons (Fsp3) is 0.211. The minimum absolute atomic E-state index is 0.245. The van der Waals surface area contributed by atoms with Crippen LogP contribution in [0.2, 0.25) is 0 Å². The third-order valence-corrected chi connectivity index (χ3v) is 4.83. The Kier molecular flexibility index (Phi) is 5.33.